The summed E-state index contributed by atoms with van der Waals surface area (Å²) >= 11 is 6.95. The first-order chi connectivity index (χ1) is 12.7. The van der Waals surface area contributed by atoms with Gasteiger partial charge in [0.2, 0.25) is 5.91 Å². The van der Waals surface area contributed by atoms with Crippen molar-refractivity contribution in [1.82, 2.24) is 9.78 Å². The highest BCUT2D eigenvalue weighted by molar-refractivity contribution is 7.18. The molecule has 27 heavy (non-hydrogen) atoms. The third kappa shape index (κ3) is 4.30. The molecule has 0 aromatic carbocycles. The van der Waals surface area contributed by atoms with E-state index in [-0.39, 0.29) is 22.0 Å². The molecule has 2 aromatic rings. The summed E-state index contributed by atoms with van der Waals surface area (Å²) in [6.07, 6.45) is 1.55. The van der Waals surface area contributed by atoms with Gasteiger partial charge in [-0.2, -0.15) is 5.10 Å². The summed E-state index contributed by atoms with van der Waals surface area (Å²) in [4.78, 5) is 37.2. The van der Waals surface area contributed by atoms with Gasteiger partial charge in [0.15, 0.2) is 0 Å². The van der Waals surface area contributed by atoms with Crippen LogP contribution in [-0.2, 0) is 14.3 Å². The third-order valence-corrected chi connectivity index (χ3v) is 5.43. The van der Waals surface area contributed by atoms with Crippen LogP contribution in [0.3, 0.4) is 0 Å². The standard InChI is InChI=1S/C17H20ClN3O5S/c1-6-26-17(24)13-8(2)12(16(23)25-5)15(27-13)19-14(22)10(4)21-7-11(18)9(3)20-21/h7,10H,6H2,1-5H3,(H,19,22). The van der Waals surface area contributed by atoms with Gasteiger partial charge in [-0.3, -0.25) is 9.48 Å². The number of thiophene rings is 1. The first kappa shape index (κ1) is 20.9. The fourth-order valence-electron chi connectivity index (χ4n) is 2.34. The summed E-state index contributed by atoms with van der Waals surface area (Å²) < 4.78 is 11.2. The number of amides is 1. The van der Waals surface area contributed by atoms with Crippen molar-refractivity contribution in [2.45, 2.75) is 33.7 Å². The molecular weight excluding hydrogens is 394 g/mol. The average Bonchev–Trinajstić information content (AvgIpc) is 3.13. The zero-order valence-electron chi connectivity index (χ0n) is 15.6. The maximum atomic E-state index is 12.6. The van der Waals surface area contributed by atoms with Crippen LogP contribution in [0, 0.1) is 13.8 Å². The van der Waals surface area contributed by atoms with Gasteiger partial charge in [-0.1, -0.05) is 11.6 Å². The lowest BCUT2D eigenvalue weighted by Gasteiger charge is -2.12. The summed E-state index contributed by atoms with van der Waals surface area (Å²) in [5, 5.41) is 7.52. The number of rotatable bonds is 6. The monoisotopic (exact) mass is 413 g/mol. The Morgan fingerprint density at radius 1 is 1.33 bits per heavy atom. The molecule has 1 unspecified atom stereocenters. The van der Waals surface area contributed by atoms with Gasteiger partial charge in [0, 0.05) is 6.20 Å². The molecule has 1 amide bonds. The van der Waals surface area contributed by atoms with Crippen molar-refractivity contribution in [2.75, 3.05) is 19.0 Å². The zero-order valence-corrected chi connectivity index (χ0v) is 17.2. The zero-order chi connectivity index (χ0) is 20.3. The number of anilines is 1. The van der Waals surface area contributed by atoms with Crippen LogP contribution < -0.4 is 5.32 Å². The molecule has 1 N–H and O–H groups in total. The highest BCUT2D eigenvalue weighted by Gasteiger charge is 2.28. The third-order valence-electron chi connectivity index (χ3n) is 3.87. The number of carbonyl (C=O) groups excluding carboxylic acids is 3. The Morgan fingerprint density at radius 3 is 2.52 bits per heavy atom. The minimum absolute atomic E-state index is 0.126. The summed E-state index contributed by atoms with van der Waals surface area (Å²) in [6, 6.07) is -0.685. The van der Waals surface area contributed by atoms with E-state index in [4.69, 9.17) is 21.1 Å². The van der Waals surface area contributed by atoms with Crippen molar-refractivity contribution >= 4 is 45.8 Å². The van der Waals surface area contributed by atoms with E-state index in [1.165, 1.54) is 11.8 Å². The normalized spacial score (nSPS) is 11.8. The van der Waals surface area contributed by atoms with Crippen LogP contribution in [-0.4, -0.2) is 41.3 Å². The van der Waals surface area contributed by atoms with Crippen LogP contribution in [0.1, 0.15) is 51.2 Å². The molecule has 0 bridgehead atoms. The molecule has 0 aliphatic rings. The quantitative estimate of drug-likeness (QED) is 0.729. The van der Waals surface area contributed by atoms with Crippen LogP contribution in [0.2, 0.25) is 5.02 Å². The summed E-state index contributed by atoms with van der Waals surface area (Å²) in [6.45, 7) is 6.85. The van der Waals surface area contributed by atoms with Crippen molar-refractivity contribution in [3.8, 4) is 0 Å². The van der Waals surface area contributed by atoms with E-state index < -0.39 is 23.9 Å². The Hall–Kier alpha value is -2.39. The molecule has 2 rings (SSSR count). The van der Waals surface area contributed by atoms with Gasteiger partial charge < -0.3 is 14.8 Å². The van der Waals surface area contributed by atoms with E-state index in [0.29, 0.717) is 16.3 Å². The fourth-order valence-corrected chi connectivity index (χ4v) is 3.56. The number of nitrogens with one attached hydrogen (secondary N) is 1. The van der Waals surface area contributed by atoms with E-state index in [1.807, 2.05) is 0 Å². The lowest BCUT2D eigenvalue weighted by Crippen LogP contribution is -2.24. The molecule has 0 saturated heterocycles. The molecule has 2 aromatic heterocycles. The minimum Gasteiger partial charge on any atom is -0.465 e. The Morgan fingerprint density at radius 2 is 2.00 bits per heavy atom. The van der Waals surface area contributed by atoms with Crippen LogP contribution >= 0.6 is 22.9 Å². The van der Waals surface area contributed by atoms with Gasteiger partial charge in [0.05, 0.1) is 30.0 Å². The van der Waals surface area contributed by atoms with Crippen LogP contribution in [0.5, 0.6) is 0 Å². The first-order valence-electron chi connectivity index (χ1n) is 8.12. The van der Waals surface area contributed by atoms with Crippen molar-refractivity contribution in [3.05, 3.63) is 32.9 Å². The number of aryl methyl sites for hydroxylation is 1. The second-order valence-corrected chi connectivity index (χ2v) is 7.11. The maximum Gasteiger partial charge on any atom is 0.348 e. The predicted octanol–water partition coefficient (Wildman–Crippen LogP) is 3.38. The lowest BCUT2D eigenvalue weighted by molar-refractivity contribution is -0.119. The topological polar surface area (TPSA) is 99.5 Å². The number of methoxy groups -OCH3 is 1. The molecule has 146 valence electrons. The Labute approximate surface area is 165 Å². The van der Waals surface area contributed by atoms with E-state index in [9.17, 15) is 14.4 Å². The summed E-state index contributed by atoms with van der Waals surface area (Å²) in [5.74, 6) is -1.63. The Balaban J connectivity index is 2.35. The Kier molecular flexibility index (Phi) is 6.61. The van der Waals surface area contributed by atoms with E-state index in [2.05, 4.69) is 10.4 Å². The average molecular weight is 414 g/mol. The largest absolute Gasteiger partial charge is 0.465 e. The van der Waals surface area contributed by atoms with Crippen LogP contribution in [0.15, 0.2) is 6.20 Å². The molecule has 1 atom stereocenters. The molecule has 0 saturated carbocycles. The summed E-state index contributed by atoms with van der Waals surface area (Å²) in [5.41, 5.74) is 1.12. The molecule has 0 spiro atoms. The van der Waals surface area contributed by atoms with Gasteiger partial charge in [0.1, 0.15) is 15.9 Å². The molecule has 0 aliphatic heterocycles. The number of hydrogen-bond donors (Lipinski definition) is 1. The van der Waals surface area contributed by atoms with Gasteiger partial charge in [-0.25, -0.2) is 9.59 Å². The van der Waals surface area contributed by atoms with E-state index in [1.54, 1.807) is 33.9 Å². The smallest absolute Gasteiger partial charge is 0.348 e. The second kappa shape index (κ2) is 8.53. The van der Waals surface area contributed by atoms with E-state index >= 15 is 0 Å². The van der Waals surface area contributed by atoms with Gasteiger partial charge in [0.25, 0.3) is 0 Å². The number of carbonyl (C=O) groups is 3. The predicted molar refractivity (Wildman–Crippen MR) is 102 cm³/mol. The highest BCUT2D eigenvalue weighted by atomic mass is 35.5. The molecule has 0 fully saturated rings. The molecular formula is C17H20ClN3O5S. The molecule has 0 radical (unpaired) electrons. The fraction of sp³-hybridized carbons (Fsp3) is 0.412. The van der Waals surface area contributed by atoms with E-state index in [0.717, 1.165) is 11.3 Å². The highest BCUT2D eigenvalue weighted by Crippen LogP contribution is 2.34. The van der Waals surface area contributed by atoms with Crippen LogP contribution in [0.25, 0.3) is 0 Å². The van der Waals surface area contributed by atoms with Crippen LogP contribution in [0.4, 0.5) is 5.00 Å². The van der Waals surface area contributed by atoms with Crippen molar-refractivity contribution in [3.63, 3.8) is 0 Å². The Bertz CT molecular complexity index is 870. The second-order valence-electron chi connectivity index (χ2n) is 5.68. The number of halogens is 1. The molecule has 10 heteroatoms. The number of nitrogens with zero attached hydrogens (tertiary/aromatic N) is 2. The number of esters is 2. The van der Waals surface area contributed by atoms with Crippen molar-refractivity contribution in [1.29, 1.82) is 0 Å². The molecule has 0 aliphatic carbocycles. The molecule has 2 heterocycles. The van der Waals surface area contributed by atoms with Gasteiger partial charge >= 0.3 is 11.9 Å². The number of hydrogen-bond acceptors (Lipinski definition) is 7. The van der Waals surface area contributed by atoms with Crippen molar-refractivity contribution in [2.24, 2.45) is 0 Å². The van der Waals surface area contributed by atoms with Crippen molar-refractivity contribution < 1.29 is 23.9 Å². The van der Waals surface area contributed by atoms with Gasteiger partial charge in [-0.15, -0.1) is 11.3 Å². The SMILES string of the molecule is CCOC(=O)c1sc(NC(=O)C(C)n2cc(Cl)c(C)n2)c(C(=O)OC)c1C. The molecule has 8 nitrogen and oxygen atoms in total. The number of aromatic nitrogens is 2. The first-order valence-corrected chi connectivity index (χ1v) is 9.31. The lowest BCUT2D eigenvalue weighted by atomic mass is 10.1. The minimum atomic E-state index is -0.685. The summed E-state index contributed by atoms with van der Waals surface area (Å²) in [7, 11) is 1.23. The number of ether oxygens (including phenoxy) is 2. The maximum absolute atomic E-state index is 12.6. The van der Waals surface area contributed by atoms with Gasteiger partial charge in [-0.05, 0) is 33.3 Å².